The van der Waals surface area contributed by atoms with Crippen LogP contribution in [0.25, 0.3) is 0 Å². The highest BCUT2D eigenvalue weighted by Crippen LogP contribution is 2.18. The second-order valence-corrected chi connectivity index (χ2v) is 6.64. The molecule has 0 aromatic carbocycles. The summed E-state index contributed by atoms with van der Waals surface area (Å²) in [4.78, 5) is 19.5. The van der Waals surface area contributed by atoms with Gasteiger partial charge in [-0.25, -0.2) is 4.98 Å². The second-order valence-electron chi connectivity index (χ2n) is 5.70. The highest BCUT2D eigenvalue weighted by Gasteiger charge is 2.20. The van der Waals surface area contributed by atoms with Gasteiger partial charge in [-0.2, -0.15) is 5.10 Å². The van der Waals surface area contributed by atoms with Crippen molar-refractivity contribution >= 4 is 17.2 Å². The van der Waals surface area contributed by atoms with Crippen molar-refractivity contribution in [1.82, 2.24) is 25.0 Å². The third-order valence-electron chi connectivity index (χ3n) is 4.04. The van der Waals surface area contributed by atoms with Crippen LogP contribution in [0.5, 0.6) is 0 Å². The van der Waals surface area contributed by atoms with Gasteiger partial charge >= 0.3 is 0 Å². The van der Waals surface area contributed by atoms with E-state index in [2.05, 4.69) is 15.4 Å². The van der Waals surface area contributed by atoms with Crippen LogP contribution in [-0.4, -0.2) is 45.7 Å². The molecule has 3 heterocycles. The van der Waals surface area contributed by atoms with Gasteiger partial charge in [-0.15, -0.1) is 11.3 Å². The lowest BCUT2D eigenvalue weighted by molar-refractivity contribution is 0.0779. The smallest absolute Gasteiger partial charge is 0.274 e. The molecule has 0 aliphatic carbocycles. The minimum absolute atomic E-state index is 0.0460. The number of aromatic nitrogens is 3. The fraction of sp³-hybridized carbons (Fsp3) is 0.533. The average Bonchev–Trinajstić information content (AvgIpc) is 3.17. The third-order valence-corrected chi connectivity index (χ3v) is 4.96. The lowest BCUT2D eigenvalue weighted by Gasteiger charge is -2.23. The Hall–Kier alpha value is -1.73. The van der Waals surface area contributed by atoms with Gasteiger partial charge in [0.25, 0.3) is 5.91 Å². The van der Waals surface area contributed by atoms with E-state index in [1.807, 2.05) is 36.4 Å². The monoisotopic (exact) mass is 319 g/mol. The second kappa shape index (κ2) is 6.58. The van der Waals surface area contributed by atoms with Crippen LogP contribution in [-0.2, 0) is 6.54 Å². The number of hydrogen-bond acceptors (Lipinski definition) is 5. The van der Waals surface area contributed by atoms with E-state index in [0.717, 1.165) is 36.5 Å². The highest BCUT2D eigenvalue weighted by molar-refractivity contribution is 7.09. The molecule has 22 heavy (non-hydrogen) atoms. The van der Waals surface area contributed by atoms with Crippen molar-refractivity contribution in [3.05, 3.63) is 34.0 Å². The minimum Gasteiger partial charge on any atom is -0.335 e. The van der Waals surface area contributed by atoms with E-state index in [1.54, 1.807) is 16.2 Å². The zero-order valence-electron chi connectivity index (χ0n) is 13.0. The van der Waals surface area contributed by atoms with Crippen molar-refractivity contribution in [2.75, 3.05) is 20.1 Å². The SMILES string of the molecule is Cc1ncsc1CN(C)C(=O)c1ccn(C2CCCNC2)n1. The molecule has 6 nitrogen and oxygen atoms in total. The largest absolute Gasteiger partial charge is 0.335 e. The van der Waals surface area contributed by atoms with E-state index in [-0.39, 0.29) is 5.91 Å². The molecule has 0 bridgehead atoms. The first-order chi connectivity index (χ1) is 10.6. The molecule has 1 fully saturated rings. The normalized spacial score (nSPS) is 18.4. The molecule has 0 saturated carbocycles. The summed E-state index contributed by atoms with van der Waals surface area (Å²) < 4.78 is 1.92. The van der Waals surface area contributed by atoms with Gasteiger partial charge < -0.3 is 10.2 Å². The fourth-order valence-corrected chi connectivity index (χ4v) is 3.50. The molecule has 1 unspecified atom stereocenters. The van der Waals surface area contributed by atoms with Crippen LogP contribution in [0.1, 0.15) is 39.9 Å². The standard InChI is InChI=1S/C15H21N5OS/c1-11-14(22-10-17-11)9-19(2)15(21)13-5-7-20(18-13)12-4-3-6-16-8-12/h5,7,10,12,16H,3-4,6,8-9H2,1-2H3. The molecule has 1 N–H and O–H groups in total. The number of aryl methyl sites for hydroxylation is 1. The van der Waals surface area contributed by atoms with Crippen molar-refractivity contribution < 1.29 is 4.79 Å². The Morgan fingerprint density at radius 2 is 2.45 bits per heavy atom. The molecule has 2 aromatic heterocycles. The molecule has 1 atom stereocenters. The van der Waals surface area contributed by atoms with Gasteiger partial charge in [0.15, 0.2) is 0 Å². The number of nitrogens with one attached hydrogen (secondary N) is 1. The number of hydrogen-bond donors (Lipinski definition) is 1. The van der Waals surface area contributed by atoms with Crippen LogP contribution in [0.2, 0.25) is 0 Å². The molecule has 0 spiro atoms. The average molecular weight is 319 g/mol. The molecular formula is C15H21N5OS. The number of amides is 1. The van der Waals surface area contributed by atoms with E-state index in [9.17, 15) is 4.79 Å². The number of carbonyl (C=O) groups excluding carboxylic acids is 1. The van der Waals surface area contributed by atoms with Gasteiger partial charge in [-0.05, 0) is 32.4 Å². The van der Waals surface area contributed by atoms with E-state index < -0.39 is 0 Å². The van der Waals surface area contributed by atoms with Crippen molar-refractivity contribution in [2.45, 2.75) is 32.4 Å². The van der Waals surface area contributed by atoms with Crippen molar-refractivity contribution in [3.63, 3.8) is 0 Å². The topological polar surface area (TPSA) is 63.1 Å². The van der Waals surface area contributed by atoms with Crippen molar-refractivity contribution in [3.8, 4) is 0 Å². The van der Waals surface area contributed by atoms with E-state index >= 15 is 0 Å². The van der Waals surface area contributed by atoms with Gasteiger partial charge in [-0.1, -0.05) is 0 Å². The Morgan fingerprint density at radius 3 is 3.14 bits per heavy atom. The molecule has 118 valence electrons. The van der Waals surface area contributed by atoms with Crippen LogP contribution < -0.4 is 5.32 Å². The molecule has 1 aliphatic rings. The molecule has 3 rings (SSSR count). The van der Waals surface area contributed by atoms with E-state index in [0.29, 0.717) is 18.3 Å². The quantitative estimate of drug-likeness (QED) is 0.934. The summed E-state index contributed by atoms with van der Waals surface area (Å²) in [7, 11) is 1.81. The Morgan fingerprint density at radius 1 is 1.59 bits per heavy atom. The third kappa shape index (κ3) is 3.20. The summed E-state index contributed by atoms with van der Waals surface area (Å²) in [5, 5.41) is 7.85. The zero-order valence-corrected chi connectivity index (χ0v) is 13.8. The number of piperidine rings is 1. The summed E-state index contributed by atoms with van der Waals surface area (Å²) in [5.74, 6) is -0.0460. The fourth-order valence-electron chi connectivity index (χ4n) is 2.68. The molecule has 2 aromatic rings. The maximum atomic E-state index is 12.5. The summed E-state index contributed by atoms with van der Waals surface area (Å²) >= 11 is 1.58. The maximum absolute atomic E-state index is 12.5. The first kappa shape index (κ1) is 15.2. The van der Waals surface area contributed by atoms with Crippen LogP contribution in [0, 0.1) is 6.92 Å². The van der Waals surface area contributed by atoms with Crippen molar-refractivity contribution in [1.29, 1.82) is 0 Å². The van der Waals surface area contributed by atoms with Crippen LogP contribution in [0.3, 0.4) is 0 Å². The molecular weight excluding hydrogens is 298 g/mol. The Labute approximate surface area is 134 Å². The lowest BCUT2D eigenvalue weighted by atomic mass is 10.1. The van der Waals surface area contributed by atoms with E-state index in [1.165, 1.54) is 0 Å². The number of carbonyl (C=O) groups is 1. The predicted octanol–water partition coefficient (Wildman–Crippen LogP) is 1.84. The molecule has 7 heteroatoms. The Bertz CT molecular complexity index is 644. The van der Waals surface area contributed by atoms with Crippen LogP contribution in [0.4, 0.5) is 0 Å². The summed E-state index contributed by atoms with van der Waals surface area (Å²) in [6.07, 6.45) is 4.17. The Balaban J connectivity index is 1.67. The molecule has 1 saturated heterocycles. The molecule has 0 radical (unpaired) electrons. The predicted molar refractivity (Wildman–Crippen MR) is 86.0 cm³/mol. The van der Waals surface area contributed by atoms with Crippen LogP contribution >= 0.6 is 11.3 Å². The van der Waals surface area contributed by atoms with Gasteiger partial charge in [-0.3, -0.25) is 9.48 Å². The highest BCUT2D eigenvalue weighted by atomic mass is 32.1. The van der Waals surface area contributed by atoms with Gasteiger partial charge in [0.05, 0.1) is 23.8 Å². The first-order valence-electron chi connectivity index (χ1n) is 7.55. The zero-order chi connectivity index (χ0) is 15.5. The van der Waals surface area contributed by atoms with Gasteiger partial charge in [0.2, 0.25) is 0 Å². The van der Waals surface area contributed by atoms with Crippen molar-refractivity contribution in [2.24, 2.45) is 0 Å². The number of nitrogens with zero attached hydrogens (tertiary/aromatic N) is 4. The molecule has 1 amide bonds. The minimum atomic E-state index is -0.0460. The maximum Gasteiger partial charge on any atom is 0.274 e. The van der Waals surface area contributed by atoms with Crippen LogP contribution in [0.15, 0.2) is 17.8 Å². The summed E-state index contributed by atoms with van der Waals surface area (Å²) in [5.41, 5.74) is 3.31. The Kier molecular flexibility index (Phi) is 4.54. The number of rotatable bonds is 4. The van der Waals surface area contributed by atoms with E-state index in [4.69, 9.17) is 0 Å². The summed E-state index contributed by atoms with van der Waals surface area (Å²) in [6, 6.07) is 2.16. The molecule has 1 aliphatic heterocycles. The first-order valence-corrected chi connectivity index (χ1v) is 8.43. The van der Waals surface area contributed by atoms with Gasteiger partial charge in [0.1, 0.15) is 5.69 Å². The van der Waals surface area contributed by atoms with Gasteiger partial charge in [0, 0.05) is 24.7 Å². The number of thiazole rings is 1. The summed E-state index contributed by atoms with van der Waals surface area (Å²) in [6.45, 7) is 4.54. The lowest BCUT2D eigenvalue weighted by Crippen LogP contribution is -2.32.